The average Bonchev–Trinajstić information content (AvgIpc) is 3.12. The highest BCUT2D eigenvalue weighted by Crippen LogP contribution is 2.22. The van der Waals surface area contributed by atoms with Crippen molar-refractivity contribution in [3.63, 3.8) is 0 Å². The van der Waals surface area contributed by atoms with Crippen molar-refractivity contribution in [2.75, 3.05) is 18.0 Å². The predicted octanol–water partition coefficient (Wildman–Crippen LogP) is 1.05. The molecule has 3 heterocycles. The summed E-state index contributed by atoms with van der Waals surface area (Å²) in [4.78, 5) is 44.6. The molecule has 0 N–H and O–H groups in total. The summed E-state index contributed by atoms with van der Waals surface area (Å²) in [5.74, 6) is 0.223. The molecule has 2 amide bonds. The molecule has 25 heavy (non-hydrogen) atoms. The fourth-order valence-corrected chi connectivity index (χ4v) is 3.40. The number of likely N-dealkylation sites (tertiary alicyclic amines) is 1. The van der Waals surface area contributed by atoms with Gasteiger partial charge in [-0.15, -0.1) is 0 Å². The molecule has 8 nitrogen and oxygen atoms in total. The van der Waals surface area contributed by atoms with Crippen molar-refractivity contribution < 1.29 is 9.59 Å². The van der Waals surface area contributed by atoms with E-state index in [0.29, 0.717) is 18.9 Å². The van der Waals surface area contributed by atoms with Crippen molar-refractivity contribution >= 4 is 17.6 Å². The van der Waals surface area contributed by atoms with Crippen LogP contribution in [-0.2, 0) is 17.9 Å². The zero-order valence-corrected chi connectivity index (χ0v) is 13.8. The molecule has 1 aromatic carbocycles. The molecule has 8 heteroatoms. The van der Waals surface area contributed by atoms with Crippen LogP contribution in [0.1, 0.15) is 25.1 Å². The highest BCUT2D eigenvalue weighted by molar-refractivity contribution is 5.95. The van der Waals surface area contributed by atoms with Crippen LogP contribution in [0.15, 0.2) is 35.1 Å². The summed E-state index contributed by atoms with van der Waals surface area (Å²) in [6, 6.07) is 8.85. The minimum Gasteiger partial charge on any atom is -0.341 e. The third-order valence-corrected chi connectivity index (χ3v) is 4.70. The molecule has 0 bridgehead atoms. The number of para-hydroxylation sites is 1. The zero-order valence-electron chi connectivity index (χ0n) is 13.8. The Labute approximate surface area is 144 Å². The molecule has 2 aliphatic rings. The highest BCUT2D eigenvalue weighted by atomic mass is 16.2. The van der Waals surface area contributed by atoms with Crippen LogP contribution in [0.2, 0.25) is 0 Å². The van der Waals surface area contributed by atoms with E-state index in [4.69, 9.17) is 0 Å². The number of carbonyl (C=O) groups is 2. The van der Waals surface area contributed by atoms with Gasteiger partial charge < -0.3 is 4.90 Å². The van der Waals surface area contributed by atoms with Gasteiger partial charge in [-0.25, -0.2) is 14.3 Å². The maximum Gasteiger partial charge on any atom is 0.365 e. The van der Waals surface area contributed by atoms with Crippen LogP contribution in [0.4, 0.5) is 10.5 Å². The Morgan fingerprint density at radius 3 is 2.48 bits per heavy atom. The SMILES string of the molecule is O=C(Cn1c(=O)nc2n1C(=O)N(c1ccccc1)C2)N1CCCCC1. The van der Waals surface area contributed by atoms with Gasteiger partial charge in [-0.3, -0.25) is 9.69 Å². The number of rotatable bonds is 3. The second kappa shape index (κ2) is 6.19. The lowest BCUT2D eigenvalue weighted by Gasteiger charge is -2.26. The number of benzene rings is 1. The molecule has 0 atom stereocenters. The number of anilines is 1. The summed E-state index contributed by atoms with van der Waals surface area (Å²) in [5.41, 5.74) is 0.181. The Morgan fingerprint density at radius 2 is 1.76 bits per heavy atom. The maximum atomic E-state index is 12.8. The summed E-state index contributed by atoms with van der Waals surface area (Å²) in [5, 5.41) is 0. The number of fused-ring (bicyclic) bond motifs is 1. The van der Waals surface area contributed by atoms with E-state index in [1.54, 1.807) is 9.80 Å². The first-order chi connectivity index (χ1) is 12.1. The molecular weight excluding hydrogens is 322 g/mol. The van der Waals surface area contributed by atoms with Gasteiger partial charge in [0.2, 0.25) is 5.91 Å². The van der Waals surface area contributed by atoms with E-state index in [9.17, 15) is 14.4 Å². The molecule has 0 spiro atoms. The maximum absolute atomic E-state index is 12.8. The summed E-state index contributed by atoms with van der Waals surface area (Å²) in [6.07, 6.45) is 3.08. The molecule has 1 saturated heterocycles. The molecule has 1 fully saturated rings. The third kappa shape index (κ3) is 2.73. The molecule has 0 radical (unpaired) electrons. The highest BCUT2D eigenvalue weighted by Gasteiger charge is 2.34. The second-order valence-corrected chi connectivity index (χ2v) is 6.33. The van der Waals surface area contributed by atoms with Crippen LogP contribution in [0, 0.1) is 0 Å². The Bertz CT molecular complexity index is 864. The van der Waals surface area contributed by atoms with Crippen molar-refractivity contribution in [2.45, 2.75) is 32.4 Å². The Balaban J connectivity index is 1.59. The quantitative estimate of drug-likeness (QED) is 0.836. The normalized spacial score (nSPS) is 17.0. The summed E-state index contributed by atoms with van der Waals surface area (Å²) in [7, 11) is 0. The van der Waals surface area contributed by atoms with Crippen molar-refractivity contribution in [3.05, 3.63) is 46.6 Å². The molecular formula is C17H19N5O3. The van der Waals surface area contributed by atoms with Crippen LogP contribution >= 0.6 is 0 Å². The van der Waals surface area contributed by atoms with E-state index in [0.717, 1.165) is 29.6 Å². The fraction of sp³-hybridized carbons (Fsp3) is 0.412. The number of carbonyl (C=O) groups excluding carboxylic acids is 2. The molecule has 0 aliphatic carbocycles. The van der Waals surface area contributed by atoms with Crippen molar-refractivity contribution in [1.29, 1.82) is 0 Å². The number of hydrogen-bond acceptors (Lipinski definition) is 4. The Kier molecular flexibility index (Phi) is 3.87. The first kappa shape index (κ1) is 15.6. The third-order valence-electron chi connectivity index (χ3n) is 4.70. The lowest BCUT2D eigenvalue weighted by Crippen LogP contribution is -2.42. The van der Waals surface area contributed by atoms with Gasteiger partial charge in [0.25, 0.3) is 0 Å². The van der Waals surface area contributed by atoms with Crippen molar-refractivity contribution in [1.82, 2.24) is 19.2 Å². The monoisotopic (exact) mass is 341 g/mol. The lowest BCUT2D eigenvalue weighted by molar-refractivity contribution is -0.133. The predicted molar refractivity (Wildman–Crippen MR) is 90.3 cm³/mol. The van der Waals surface area contributed by atoms with Gasteiger partial charge in [0.05, 0.1) is 6.54 Å². The molecule has 0 saturated carbocycles. The molecule has 0 unspecified atom stereocenters. The van der Waals surface area contributed by atoms with E-state index in [2.05, 4.69) is 4.98 Å². The van der Waals surface area contributed by atoms with Gasteiger partial charge in [-0.1, -0.05) is 18.2 Å². The Hall–Kier alpha value is -2.90. The van der Waals surface area contributed by atoms with E-state index >= 15 is 0 Å². The zero-order chi connectivity index (χ0) is 17.4. The topological polar surface area (TPSA) is 80.4 Å². The summed E-state index contributed by atoms with van der Waals surface area (Å²) >= 11 is 0. The van der Waals surface area contributed by atoms with Gasteiger partial charge in [0.15, 0.2) is 5.82 Å². The van der Waals surface area contributed by atoms with Crippen LogP contribution in [0.5, 0.6) is 0 Å². The van der Waals surface area contributed by atoms with E-state index in [1.165, 1.54) is 4.68 Å². The molecule has 4 rings (SSSR count). The summed E-state index contributed by atoms with van der Waals surface area (Å²) in [6.45, 7) is 1.49. The summed E-state index contributed by atoms with van der Waals surface area (Å²) < 4.78 is 2.38. The number of aromatic nitrogens is 3. The van der Waals surface area contributed by atoms with Crippen molar-refractivity contribution in [3.8, 4) is 0 Å². The molecule has 2 aliphatic heterocycles. The first-order valence-electron chi connectivity index (χ1n) is 8.48. The number of nitrogens with zero attached hydrogens (tertiary/aromatic N) is 5. The van der Waals surface area contributed by atoms with Crippen LogP contribution < -0.4 is 10.6 Å². The van der Waals surface area contributed by atoms with Gasteiger partial charge in [-0.2, -0.15) is 9.67 Å². The number of amides is 2. The number of hydrogen-bond donors (Lipinski definition) is 0. The fourth-order valence-electron chi connectivity index (χ4n) is 3.40. The van der Waals surface area contributed by atoms with Crippen molar-refractivity contribution in [2.24, 2.45) is 0 Å². The van der Waals surface area contributed by atoms with E-state index < -0.39 is 5.69 Å². The Morgan fingerprint density at radius 1 is 1.04 bits per heavy atom. The average molecular weight is 341 g/mol. The lowest BCUT2D eigenvalue weighted by atomic mass is 10.1. The molecule has 130 valence electrons. The van der Waals surface area contributed by atoms with Crippen LogP contribution in [0.3, 0.4) is 0 Å². The molecule has 2 aromatic rings. The number of piperidine rings is 1. The van der Waals surface area contributed by atoms with E-state index in [1.807, 2.05) is 30.3 Å². The van der Waals surface area contributed by atoms with Gasteiger partial charge >= 0.3 is 11.7 Å². The van der Waals surface area contributed by atoms with Crippen LogP contribution in [-0.4, -0.2) is 44.3 Å². The van der Waals surface area contributed by atoms with Gasteiger partial charge in [0.1, 0.15) is 6.54 Å². The van der Waals surface area contributed by atoms with Gasteiger partial charge in [0, 0.05) is 18.8 Å². The smallest absolute Gasteiger partial charge is 0.341 e. The minimum absolute atomic E-state index is 0.143. The minimum atomic E-state index is -0.554. The van der Waals surface area contributed by atoms with E-state index in [-0.39, 0.29) is 25.0 Å². The largest absolute Gasteiger partial charge is 0.365 e. The molecule has 1 aromatic heterocycles. The van der Waals surface area contributed by atoms with Gasteiger partial charge in [-0.05, 0) is 31.4 Å². The first-order valence-corrected chi connectivity index (χ1v) is 8.48. The standard InChI is InChI=1S/C17H19N5O3/c23-15(19-9-5-2-6-10-19)12-21-16(24)18-14-11-20(17(25)22(14)21)13-7-3-1-4-8-13/h1,3-4,7-8H,2,5-6,9-12H2. The second-order valence-electron chi connectivity index (χ2n) is 6.33. The van der Waals surface area contributed by atoms with Crippen LogP contribution in [0.25, 0.3) is 0 Å².